The Hall–Kier alpha value is -2.43. The molecular weight excluding hydrogens is 264 g/mol. The maximum atomic E-state index is 12.5. The van der Waals surface area contributed by atoms with Gasteiger partial charge in [0.1, 0.15) is 0 Å². The minimum atomic E-state index is -0.0105. The van der Waals surface area contributed by atoms with E-state index in [1.165, 1.54) is 0 Å². The van der Waals surface area contributed by atoms with Gasteiger partial charge in [0.2, 0.25) is 0 Å². The van der Waals surface area contributed by atoms with Crippen molar-refractivity contribution in [2.75, 3.05) is 0 Å². The van der Waals surface area contributed by atoms with E-state index < -0.39 is 0 Å². The van der Waals surface area contributed by atoms with Crippen molar-refractivity contribution >= 4 is 10.9 Å². The Morgan fingerprint density at radius 1 is 1.24 bits per heavy atom. The maximum absolute atomic E-state index is 12.5. The summed E-state index contributed by atoms with van der Waals surface area (Å²) in [6, 6.07) is 5.72. The SMILES string of the molecule is CCn1ncc(Cn2cnc3cc(C)ccc3c2=O)c1C. The molecule has 0 saturated heterocycles. The molecule has 0 unspecified atom stereocenters. The highest BCUT2D eigenvalue weighted by Crippen LogP contribution is 2.11. The lowest BCUT2D eigenvalue weighted by Gasteiger charge is -2.07. The summed E-state index contributed by atoms with van der Waals surface area (Å²) in [5, 5.41) is 4.97. The summed E-state index contributed by atoms with van der Waals surface area (Å²) in [7, 11) is 0. The zero-order valence-corrected chi connectivity index (χ0v) is 12.5. The van der Waals surface area contributed by atoms with Crippen LogP contribution < -0.4 is 5.56 Å². The van der Waals surface area contributed by atoms with Gasteiger partial charge in [0.25, 0.3) is 5.56 Å². The van der Waals surface area contributed by atoms with Crippen LogP contribution in [0, 0.1) is 13.8 Å². The summed E-state index contributed by atoms with van der Waals surface area (Å²) in [6.07, 6.45) is 3.44. The van der Waals surface area contributed by atoms with E-state index in [1.807, 2.05) is 42.9 Å². The summed E-state index contributed by atoms with van der Waals surface area (Å²) in [5.41, 5.74) is 3.98. The van der Waals surface area contributed by atoms with Gasteiger partial charge in [-0.2, -0.15) is 5.10 Å². The van der Waals surface area contributed by atoms with Gasteiger partial charge in [-0.15, -0.1) is 0 Å². The third-order valence-corrected chi connectivity index (χ3v) is 3.83. The van der Waals surface area contributed by atoms with E-state index in [2.05, 4.69) is 17.0 Å². The molecule has 1 aromatic carbocycles. The highest BCUT2D eigenvalue weighted by Gasteiger charge is 2.09. The molecule has 0 spiro atoms. The molecule has 3 rings (SSSR count). The second kappa shape index (κ2) is 5.16. The number of benzene rings is 1. The standard InChI is InChI=1S/C16H18N4O/c1-4-20-12(3)13(8-18-20)9-19-10-17-15-7-11(2)5-6-14(15)16(19)21/h5-8,10H,4,9H2,1-3H3. The van der Waals surface area contributed by atoms with Crippen LogP contribution in [0.1, 0.15) is 23.7 Å². The zero-order chi connectivity index (χ0) is 15.0. The Morgan fingerprint density at radius 2 is 2.05 bits per heavy atom. The van der Waals surface area contributed by atoms with Crippen molar-refractivity contribution < 1.29 is 0 Å². The summed E-state index contributed by atoms with van der Waals surface area (Å²) in [6.45, 7) is 7.40. The Balaban J connectivity index is 2.05. The van der Waals surface area contributed by atoms with E-state index in [0.717, 1.165) is 28.9 Å². The Bertz CT molecular complexity index is 860. The molecule has 0 aliphatic rings. The zero-order valence-electron chi connectivity index (χ0n) is 12.5. The first-order valence-corrected chi connectivity index (χ1v) is 7.07. The number of aromatic nitrogens is 4. The van der Waals surface area contributed by atoms with Crippen LogP contribution in [0.25, 0.3) is 10.9 Å². The van der Waals surface area contributed by atoms with Crippen molar-refractivity contribution in [2.45, 2.75) is 33.9 Å². The van der Waals surface area contributed by atoms with Gasteiger partial charge in [0.15, 0.2) is 0 Å². The Labute approximate surface area is 122 Å². The average Bonchev–Trinajstić information content (AvgIpc) is 2.82. The van der Waals surface area contributed by atoms with Crippen molar-refractivity contribution in [3.05, 3.63) is 57.9 Å². The van der Waals surface area contributed by atoms with Crippen LogP contribution in [0.2, 0.25) is 0 Å². The molecule has 108 valence electrons. The molecule has 0 bridgehead atoms. The van der Waals surface area contributed by atoms with E-state index in [1.54, 1.807) is 10.9 Å². The number of nitrogens with zero attached hydrogens (tertiary/aromatic N) is 4. The highest BCUT2D eigenvalue weighted by atomic mass is 16.1. The highest BCUT2D eigenvalue weighted by molar-refractivity contribution is 5.77. The van der Waals surface area contributed by atoms with Gasteiger partial charge >= 0.3 is 0 Å². The smallest absolute Gasteiger partial charge is 0.261 e. The number of aryl methyl sites for hydroxylation is 2. The predicted molar refractivity (Wildman–Crippen MR) is 82.5 cm³/mol. The molecule has 0 radical (unpaired) electrons. The fourth-order valence-electron chi connectivity index (χ4n) is 2.52. The molecule has 2 aromatic heterocycles. The molecule has 0 N–H and O–H groups in total. The molecule has 5 heteroatoms. The summed E-state index contributed by atoms with van der Waals surface area (Å²) in [4.78, 5) is 16.9. The lowest BCUT2D eigenvalue weighted by atomic mass is 10.2. The van der Waals surface area contributed by atoms with Crippen LogP contribution in [0.4, 0.5) is 0 Å². The Morgan fingerprint density at radius 3 is 2.76 bits per heavy atom. The number of hydrogen-bond acceptors (Lipinski definition) is 3. The van der Waals surface area contributed by atoms with Crippen LogP contribution in [0.15, 0.2) is 35.5 Å². The van der Waals surface area contributed by atoms with Gasteiger partial charge in [-0.05, 0) is 38.5 Å². The van der Waals surface area contributed by atoms with Gasteiger partial charge in [0.05, 0.1) is 30.0 Å². The molecule has 3 aromatic rings. The monoisotopic (exact) mass is 282 g/mol. The fourth-order valence-corrected chi connectivity index (χ4v) is 2.52. The van der Waals surface area contributed by atoms with Crippen LogP contribution in [0.5, 0.6) is 0 Å². The van der Waals surface area contributed by atoms with Crippen molar-refractivity contribution in [3.63, 3.8) is 0 Å². The fraction of sp³-hybridized carbons (Fsp3) is 0.312. The van der Waals surface area contributed by atoms with Crippen molar-refractivity contribution in [2.24, 2.45) is 0 Å². The van der Waals surface area contributed by atoms with E-state index in [0.29, 0.717) is 11.9 Å². The lowest BCUT2D eigenvalue weighted by Crippen LogP contribution is -2.21. The molecule has 21 heavy (non-hydrogen) atoms. The van der Waals surface area contributed by atoms with Crippen LogP contribution in [-0.2, 0) is 13.1 Å². The van der Waals surface area contributed by atoms with Gasteiger partial charge in [-0.3, -0.25) is 14.0 Å². The summed E-state index contributed by atoms with van der Waals surface area (Å²) >= 11 is 0. The summed E-state index contributed by atoms with van der Waals surface area (Å²) in [5.74, 6) is 0. The first-order chi connectivity index (χ1) is 10.1. The predicted octanol–water partition coefficient (Wildman–Crippen LogP) is 2.28. The molecule has 0 saturated carbocycles. The second-order valence-corrected chi connectivity index (χ2v) is 5.27. The molecule has 0 amide bonds. The van der Waals surface area contributed by atoms with Gasteiger partial charge < -0.3 is 0 Å². The molecule has 0 atom stereocenters. The topological polar surface area (TPSA) is 52.7 Å². The van der Waals surface area contributed by atoms with Gasteiger partial charge in [0, 0.05) is 17.8 Å². The molecule has 0 fully saturated rings. The van der Waals surface area contributed by atoms with Crippen LogP contribution in [-0.4, -0.2) is 19.3 Å². The Kier molecular flexibility index (Phi) is 3.33. The normalized spacial score (nSPS) is 11.2. The van der Waals surface area contributed by atoms with Crippen LogP contribution in [0.3, 0.4) is 0 Å². The van der Waals surface area contributed by atoms with E-state index in [4.69, 9.17) is 0 Å². The number of rotatable bonds is 3. The largest absolute Gasteiger partial charge is 0.294 e. The molecule has 5 nitrogen and oxygen atoms in total. The average molecular weight is 282 g/mol. The van der Waals surface area contributed by atoms with Gasteiger partial charge in [-0.1, -0.05) is 6.07 Å². The quantitative estimate of drug-likeness (QED) is 0.740. The second-order valence-electron chi connectivity index (χ2n) is 5.27. The van der Waals surface area contributed by atoms with Crippen molar-refractivity contribution in [1.29, 1.82) is 0 Å². The maximum Gasteiger partial charge on any atom is 0.261 e. The van der Waals surface area contributed by atoms with Gasteiger partial charge in [-0.25, -0.2) is 4.98 Å². The first-order valence-electron chi connectivity index (χ1n) is 7.07. The van der Waals surface area contributed by atoms with E-state index >= 15 is 0 Å². The molecule has 0 aliphatic carbocycles. The number of fused-ring (bicyclic) bond motifs is 1. The third-order valence-electron chi connectivity index (χ3n) is 3.83. The van der Waals surface area contributed by atoms with E-state index in [9.17, 15) is 4.79 Å². The molecular formula is C16H18N4O. The third kappa shape index (κ3) is 2.35. The molecule has 0 aliphatic heterocycles. The minimum absolute atomic E-state index is 0.0105. The first kappa shape index (κ1) is 13.5. The van der Waals surface area contributed by atoms with Crippen molar-refractivity contribution in [1.82, 2.24) is 19.3 Å². The van der Waals surface area contributed by atoms with E-state index in [-0.39, 0.29) is 5.56 Å². The minimum Gasteiger partial charge on any atom is -0.294 e. The summed E-state index contributed by atoms with van der Waals surface area (Å²) < 4.78 is 3.57. The number of hydrogen-bond donors (Lipinski definition) is 0. The van der Waals surface area contributed by atoms with Crippen molar-refractivity contribution in [3.8, 4) is 0 Å². The molecule has 2 heterocycles. The lowest BCUT2D eigenvalue weighted by molar-refractivity contribution is 0.636. The van der Waals surface area contributed by atoms with Crippen LogP contribution >= 0.6 is 0 Å².